The van der Waals surface area contributed by atoms with Crippen LogP contribution in [0, 0.1) is 28.1 Å². The number of carbonyl (C=O) groups excluding carboxylic acids is 1. The molecule has 0 bridgehead atoms. The Kier molecular flexibility index (Phi) is 5.93. The molecular weight excluding hydrogens is 352 g/mol. The molecule has 2 aliphatic carbocycles. The minimum absolute atomic E-state index is 0.0507. The molecule has 3 aliphatic rings. The second kappa shape index (κ2) is 7.66. The highest BCUT2D eigenvalue weighted by atomic mass is 16.6. The predicted octanol–water partition coefficient (Wildman–Crippen LogP) is 5.51. The Morgan fingerprint density at radius 2 is 1.64 bits per heavy atom. The molecule has 1 saturated heterocycles. The molecule has 160 valence electrons. The molecule has 6 atom stereocenters. The second-order valence-electron chi connectivity index (χ2n) is 11.2. The van der Waals surface area contributed by atoms with Crippen LogP contribution in [0.5, 0.6) is 0 Å². The first-order chi connectivity index (χ1) is 12.9. The van der Waals surface area contributed by atoms with Crippen LogP contribution in [0.4, 0.5) is 0 Å². The number of esters is 1. The molecule has 0 radical (unpaired) electrons. The molecule has 0 amide bonds. The fraction of sp³-hybridized carbons (Fsp3) is 0.875. The van der Waals surface area contributed by atoms with Crippen molar-refractivity contribution >= 4 is 5.97 Å². The van der Waals surface area contributed by atoms with Crippen LogP contribution >= 0.6 is 0 Å². The lowest BCUT2D eigenvalue weighted by Gasteiger charge is -2.42. The summed E-state index contributed by atoms with van der Waals surface area (Å²) in [4.78, 5) is 12.7. The molecule has 28 heavy (non-hydrogen) atoms. The Morgan fingerprint density at radius 3 is 2.29 bits per heavy atom. The van der Waals surface area contributed by atoms with Crippen molar-refractivity contribution < 1.29 is 19.0 Å². The molecular formula is C24H40O4. The van der Waals surface area contributed by atoms with E-state index in [2.05, 4.69) is 41.2 Å². The van der Waals surface area contributed by atoms with Crippen LogP contribution in [0.1, 0.15) is 80.1 Å². The van der Waals surface area contributed by atoms with Gasteiger partial charge in [-0.1, -0.05) is 41.2 Å². The first kappa shape index (κ1) is 21.7. The van der Waals surface area contributed by atoms with E-state index >= 15 is 0 Å². The molecule has 0 aromatic rings. The molecule has 4 heteroatoms. The molecule has 4 nitrogen and oxygen atoms in total. The summed E-state index contributed by atoms with van der Waals surface area (Å²) in [5.74, 6) is 2.27. The summed E-state index contributed by atoms with van der Waals surface area (Å²) in [7, 11) is 0. The van der Waals surface area contributed by atoms with Gasteiger partial charge in [-0.15, -0.1) is 0 Å². The molecule has 6 unspecified atom stereocenters. The number of rotatable bonds is 7. The van der Waals surface area contributed by atoms with E-state index in [0.717, 1.165) is 43.8 Å². The average Bonchev–Trinajstić information content (AvgIpc) is 3.39. The van der Waals surface area contributed by atoms with Crippen LogP contribution < -0.4 is 0 Å². The summed E-state index contributed by atoms with van der Waals surface area (Å²) >= 11 is 0. The van der Waals surface area contributed by atoms with Crippen molar-refractivity contribution in [1.29, 1.82) is 0 Å². The predicted molar refractivity (Wildman–Crippen MR) is 111 cm³/mol. The first-order valence-corrected chi connectivity index (χ1v) is 11.1. The number of epoxide rings is 1. The number of fused-ring (bicyclic) bond motifs is 1. The van der Waals surface area contributed by atoms with Crippen molar-refractivity contribution in [2.24, 2.45) is 28.1 Å². The minimum Gasteiger partial charge on any atom is -0.497 e. The third-order valence-electron chi connectivity index (χ3n) is 7.61. The zero-order valence-corrected chi connectivity index (χ0v) is 18.8. The quantitative estimate of drug-likeness (QED) is 0.326. The second-order valence-corrected chi connectivity index (χ2v) is 11.2. The van der Waals surface area contributed by atoms with Gasteiger partial charge in [0.2, 0.25) is 0 Å². The topological polar surface area (TPSA) is 48.1 Å². The minimum atomic E-state index is -0.402. The van der Waals surface area contributed by atoms with E-state index in [4.69, 9.17) is 14.2 Å². The Bertz CT molecular complexity index is 612. The van der Waals surface area contributed by atoms with E-state index in [1.165, 1.54) is 6.42 Å². The van der Waals surface area contributed by atoms with Crippen molar-refractivity contribution in [2.75, 3.05) is 13.2 Å². The SMILES string of the molecule is C=C(OCC(C)(C)COC(=O)C1(C)CCC2OC2C1)C1(C)CCC(C)C(C)C1. The molecule has 3 rings (SSSR count). The Labute approximate surface area is 171 Å². The summed E-state index contributed by atoms with van der Waals surface area (Å²) in [6, 6.07) is 0. The number of carbonyl (C=O) groups is 1. The van der Waals surface area contributed by atoms with Gasteiger partial charge in [-0.3, -0.25) is 4.79 Å². The zero-order valence-electron chi connectivity index (χ0n) is 18.8. The van der Waals surface area contributed by atoms with Gasteiger partial charge in [-0.2, -0.15) is 0 Å². The Hall–Kier alpha value is -1.03. The molecule has 0 aromatic carbocycles. The fourth-order valence-electron chi connectivity index (χ4n) is 4.84. The van der Waals surface area contributed by atoms with Crippen LogP contribution in [0.3, 0.4) is 0 Å². The van der Waals surface area contributed by atoms with Gasteiger partial charge in [0.1, 0.15) is 0 Å². The highest BCUT2D eigenvalue weighted by Crippen LogP contribution is 2.48. The van der Waals surface area contributed by atoms with E-state index in [-0.39, 0.29) is 22.9 Å². The van der Waals surface area contributed by atoms with E-state index in [1.807, 2.05) is 6.92 Å². The fourth-order valence-corrected chi connectivity index (χ4v) is 4.84. The van der Waals surface area contributed by atoms with Crippen molar-refractivity contribution in [1.82, 2.24) is 0 Å². The van der Waals surface area contributed by atoms with Gasteiger partial charge >= 0.3 is 5.97 Å². The van der Waals surface area contributed by atoms with Crippen LogP contribution in [0.15, 0.2) is 12.3 Å². The van der Waals surface area contributed by atoms with E-state index < -0.39 is 5.41 Å². The standard InChI is InChI=1S/C24H40O4/c1-16-8-10-23(6,12-17(16)2)18(3)26-14-22(4,5)15-27-21(25)24(7)11-9-19-20(13-24)28-19/h16-17,19-20H,3,8-15H2,1-2,4-7H3. The number of hydrogen-bond donors (Lipinski definition) is 0. The third kappa shape index (κ3) is 4.75. The maximum Gasteiger partial charge on any atom is 0.311 e. The highest BCUT2D eigenvalue weighted by Gasteiger charge is 2.52. The van der Waals surface area contributed by atoms with Crippen molar-refractivity contribution in [3.63, 3.8) is 0 Å². The summed E-state index contributed by atoms with van der Waals surface area (Å²) in [5.41, 5.74) is -0.595. The number of hydrogen-bond acceptors (Lipinski definition) is 4. The van der Waals surface area contributed by atoms with Gasteiger partial charge in [-0.25, -0.2) is 0 Å². The monoisotopic (exact) mass is 392 g/mol. The maximum absolute atomic E-state index is 12.7. The Morgan fingerprint density at radius 1 is 1.00 bits per heavy atom. The van der Waals surface area contributed by atoms with Crippen LogP contribution in [-0.2, 0) is 19.0 Å². The average molecular weight is 393 g/mol. The molecule has 1 heterocycles. The number of allylic oxidation sites excluding steroid dienone is 1. The van der Waals surface area contributed by atoms with Gasteiger partial charge in [0.05, 0.1) is 36.6 Å². The summed E-state index contributed by atoms with van der Waals surface area (Å²) < 4.78 is 17.5. The van der Waals surface area contributed by atoms with Crippen LogP contribution in [0.25, 0.3) is 0 Å². The van der Waals surface area contributed by atoms with Gasteiger partial charge in [0.25, 0.3) is 0 Å². The lowest BCUT2D eigenvalue weighted by atomic mass is 9.66. The molecule has 0 aromatic heterocycles. The molecule has 3 fully saturated rings. The largest absolute Gasteiger partial charge is 0.497 e. The maximum atomic E-state index is 12.7. The molecule has 0 N–H and O–H groups in total. The van der Waals surface area contributed by atoms with E-state index in [9.17, 15) is 4.79 Å². The third-order valence-corrected chi connectivity index (χ3v) is 7.61. The van der Waals surface area contributed by atoms with Crippen molar-refractivity contribution in [2.45, 2.75) is 92.3 Å². The van der Waals surface area contributed by atoms with Gasteiger partial charge < -0.3 is 14.2 Å². The van der Waals surface area contributed by atoms with Crippen molar-refractivity contribution in [3.8, 4) is 0 Å². The van der Waals surface area contributed by atoms with Crippen LogP contribution in [-0.4, -0.2) is 31.4 Å². The molecule has 0 spiro atoms. The van der Waals surface area contributed by atoms with E-state index in [1.54, 1.807) is 0 Å². The lowest BCUT2D eigenvalue weighted by Crippen LogP contribution is -2.38. The van der Waals surface area contributed by atoms with Gasteiger partial charge in [-0.05, 0) is 57.3 Å². The first-order valence-electron chi connectivity index (χ1n) is 11.1. The van der Waals surface area contributed by atoms with E-state index in [0.29, 0.717) is 25.2 Å². The normalized spacial score (nSPS) is 40.4. The summed E-state index contributed by atoms with van der Waals surface area (Å²) in [6.45, 7) is 18.3. The Balaban J connectivity index is 1.45. The number of ether oxygens (including phenoxy) is 3. The highest BCUT2D eigenvalue weighted by molar-refractivity contribution is 5.76. The molecule has 1 aliphatic heterocycles. The van der Waals surface area contributed by atoms with Crippen LogP contribution in [0.2, 0.25) is 0 Å². The summed E-state index contributed by atoms with van der Waals surface area (Å²) in [5, 5.41) is 0. The van der Waals surface area contributed by atoms with Crippen molar-refractivity contribution in [3.05, 3.63) is 12.3 Å². The lowest BCUT2D eigenvalue weighted by molar-refractivity contribution is -0.160. The van der Waals surface area contributed by atoms with Gasteiger partial charge in [0, 0.05) is 10.8 Å². The van der Waals surface area contributed by atoms with Gasteiger partial charge in [0.15, 0.2) is 0 Å². The summed E-state index contributed by atoms with van der Waals surface area (Å²) in [6.07, 6.45) is 6.77. The zero-order chi connectivity index (χ0) is 20.7. The molecule has 2 saturated carbocycles. The smallest absolute Gasteiger partial charge is 0.311 e.